The summed E-state index contributed by atoms with van der Waals surface area (Å²) in [6, 6.07) is 19.9. The lowest BCUT2D eigenvalue weighted by Gasteiger charge is -2.17. The number of carbonyl (C=O) groups is 1. The average molecular weight is 375 g/mol. The molecule has 28 heavy (non-hydrogen) atoms. The molecule has 0 N–H and O–H groups in total. The molecular formula is C24H25NO3. The highest BCUT2D eigenvalue weighted by molar-refractivity contribution is 5.94. The summed E-state index contributed by atoms with van der Waals surface area (Å²) in [7, 11) is 0. The lowest BCUT2D eigenvalue weighted by atomic mass is 10.1. The summed E-state index contributed by atoms with van der Waals surface area (Å²) in [6.45, 7) is 4.57. The third-order valence-electron chi connectivity index (χ3n) is 5.12. The van der Waals surface area contributed by atoms with Crippen molar-refractivity contribution in [3.63, 3.8) is 0 Å². The molecule has 0 bridgehead atoms. The highest BCUT2D eigenvalue weighted by Crippen LogP contribution is 2.26. The third-order valence-corrected chi connectivity index (χ3v) is 5.12. The van der Waals surface area contributed by atoms with Crippen molar-refractivity contribution < 1.29 is 14.3 Å². The zero-order valence-corrected chi connectivity index (χ0v) is 16.2. The van der Waals surface area contributed by atoms with Crippen LogP contribution >= 0.6 is 0 Å². The predicted octanol–water partition coefficient (Wildman–Crippen LogP) is 5.05. The summed E-state index contributed by atoms with van der Waals surface area (Å²) >= 11 is 0. The second kappa shape index (κ2) is 8.34. The Morgan fingerprint density at radius 3 is 2.50 bits per heavy atom. The Labute approximate surface area is 165 Å². The smallest absolute Gasteiger partial charge is 0.253 e. The molecule has 1 aliphatic heterocycles. The fourth-order valence-electron chi connectivity index (χ4n) is 3.64. The number of likely N-dealkylation sites (tertiary alicyclic amines) is 1. The molecule has 0 spiro atoms. The van der Waals surface area contributed by atoms with E-state index in [1.165, 1.54) is 5.39 Å². The van der Waals surface area contributed by atoms with E-state index in [9.17, 15) is 4.79 Å². The largest absolute Gasteiger partial charge is 0.493 e. The maximum Gasteiger partial charge on any atom is 0.253 e. The summed E-state index contributed by atoms with van der Waals surface area (Å²) in [4.78, 5) is 14.7. The zero-order chi connectivity index (χ0) is 19.3. The van der Waals surface area contributed by atoms with Crippen molar-refractivity contribution in [2.45, 2.75) is 26.4 Å². The molecule has 1 aliphatic rings. The van der Waals surface area contributed by atoms with E-state index in [-0.39, 0.29) is 5.91 Å². The van der Waals surface area contributed by atoms with Gasteiger partial charge in [0.25, 0.3) is 5.91 Å². The molecule has 0 saturated carbocycles. The molecular weight excluding hydrogens is 350 g/mol. The van der Waals surface area contributed by atoms with E-state index in [0.717, 1.165) is 48.4 Å². The monoisotopic (exact) mass is 375 g/mol. The van der Waals surface area contributed by atoms with E-state index in [4.69, 9.17) is 9.47 Å². The van der Waals surface area contributed by atoms with Crippen LogP contribution < -0.4 is 9.47 Å². The lowest BCUT2D eigenvalue weighted by Crippen LogP contribution is -2.27. The Hall–Kier alpha value is -3.01. The summed E-state index contributed by atoms with van der Waals surface area (Å²) in [5.74, 6) is 1.66. The standard InChI is InChI=1S/C24H25NO3/c1-2-27-23-12-10-20(24(26)25-13-5-6-14-25)15-21(23)17-28-22-11-9-18-7-3-4-8-19(18)16-22/h3-4,7-12,15-16H,2,5-6,13-14,17H2,1H3. The van der Waals surface area contributed by atoms with Crippen molar-refractivity contribution in [2.24, 2.45) is 0 Å². The molecule has 4 nitrogen and oxygen atoms in total. The molecule has 3 aromatic rings. The average Bonchev–Trinajstić information content (AvgIpc) is 3.27. The van der Waals surface area contributed by atoms with Gasteiger partial charge in [0.2, 0.25) is 0 Å². The highest BCUT2D eigenvalue weighted by atomic mass is 16.5. The summed E-state index contributed by atoms with van der Waals surface area (Å²) in [6.07, 6.45) is 2.17. The van der Waals surface area contributed by atoms with Crippen LogP contribution in [0.4, 0.5) is 0 Å². The van der Waals surface area contributed by atoms with Crippen molar-refractivity contribution in [1.29, 1.82) is 0 Å². The normalized spacial score (nSPS) is 13.7. The summed E-state index contributed by atoms with van der Waals surface area (Å²) < 4.78 is 11.8. The van der Waals surface area contributed by atoms with Gasteiger partial charge >= 0.3 is 0 Å². The molecule has 0 radical (unpaired) electrons. The Bertz CT molecular complexity index is 977. The quantitative estimate of drug-likeness (QED) is 0.605. The van der Waals surface area contributed by atoms with E-state index in [1.54, 1.807) is 0 Å². The lowest BCUT2D eigenvalue weighted by molar-refractivity contribution is 0.0792. The van der Waals surface area contributed by atoms with Gasteiger partial charge in [-0.3, -0.25) is 4.79 Å². The van der Waals surface area contributed by atoms with Crippen molar-refractivity contribution >= 4 is 16.7 Å². The fourth-order valence-corrected chi connectivity index (χ4v) is 3.64. The van der Waals surface area contributed by atoms with Gasteiger partial charge in [-0.15, -0.1) is 0 Å². The van der Waals surface area contributed by atoms with E-state index in [0.29, 0.717) is 18.8 Å². The molecule has 4 rings (SSSR count). The number of hydrogen-bond donors (Lipinski definition) is 0. The van der Waals surface area contributed by atoms with Gasteiger partial charge in [-0.05, 0) is 60.9 Å². The van der Waals surface area contributed by atoms with Gasteiger partial charge in [0.1, 0.15) is 18.1 Å². The maximum atomic E-state index is 12.7. The second-order valence-corrected chi connectivity index (χ2v) is 7.05. The van der Waals surface area contributed by atoms with Crippen LogP contribution in [0.1, 0.15) is 35.7 Å². The van der Waals surface area contributed by atoms with Gasteiger partial charge in [-0.1, -0.05) is 30.3 Å². The number of benzene rings is 3. The molecule has 0 unspecified atom stereocenters. The number of hydrogen-bond acceptors (Lipinski definition) is 3. The van der Waals surface area contributed by atoms with Crippen LogP contribution in [0.3, 0.4) is 0 Å². The van der Waals surface area contributed by atoms with Gasteiger partial charge < -0.3 is 14.4 Å². The molecule has 1 heterocycles. The molecule has 1 saturated heterocycles. The third kappa shape index (κ3) is 3.96. The van der Waals surface area contributed by atoms with E-state index in [2.05, 4.69) is 18.2 Å². The van der Waals surface area contributed by atoms with E-state index < -0.39 is 0 Å². The van der Waals surface area contributed by atoms with Gasteiger partial charge in [0.15, 0.2) is 0 Å². The molecule has 144 valence electrons. The number of fused-ring (bicyclic) bond motifs is 1. The van der Waals surface area contributed by atoms with Crippen molar-refractivity contribution in [2.75, 3.05) is 19.7 Å². The highest BCUT2D eigenvalue weighted by Gasteiger charge is 2.20. The number of rotatable bonds is 6. The number of nitrogens with zero attached hydrogens (tertiary/aromatic N) is 1. The molecule has 0 aliphatic carbocycles. The van der Waals surface area contributed by atoms with Crippen molar-refractivity contribution in [3.8, 4) is 11.5 Å². The topological polar surface area (TPSA) is 38.8 Å². The van der Waals surface area contributed by atoms with Crippen LogP contribution in [0.25, 0.3) is 10.8 Å². The van der Waals surface area contributed by atoms with Crippen molar-refractivity contribution in [1.82, 2.24) is 4.90 Å². The molecule has 3 aromatic carbocycles. The number of carbonyl (C=O) groups excluding carboxylic acids is 1. The van der Waals surface area contributed by atoms with Crippen molar-refractivity contribution in [3.05, 3.63) is 71.8 Å². The number of amides is 1. The number of ether oxygens (including phenoxy) is 2. The SMILES string of the molecule is CCOc1ccc(C(=O)N2CCCC2)cc1COc1ccc2ccccc2c1. The van der Waals surface area contributed by atoms with E-state index in [1.807, 2.05) is 54.3 Å². The van der Waals surface area contributed by atoms with Gasteiger partial charge in [0, 0.05) is 24.2 Å². The Morgan fingerprint density at radius 2 is 1.71 bits per heavy atom. The minimum Gasteiger partial charge on any atom is -0.493 e. The molecule has 0 aromatic heterocycles. The maximum absolute atomic E-state index is 12.7. The van der Waals surface area contributed by atoms with Crippen LogP contribution in [0.15, 0.2) is 60.7 Å². The Kier molecular flexibility index (Phi) is 5.47. The van der Waals surface area contributed by atoms with Crippen LogP contribution in [0, 0.1) is 0 Å². The summed E-state index contributed by atoms with van der Waals surface area (Å²) in [5, 5.41) is 2.33. The second-order valence-electron chi connectivity index (χ2n) is 7.05. The first kappa shape index (κ1) is 18.4. The van der Waals surface area contributed by atoms with E-state index >= 15 is 0 Å². The van der Waals surface area contributed by atoms with Crippen LogP contribution in [0.5, 0.6) is 11.5 Å². The molecule has 0 atom stereocenters. The van der Waals surface area contributed by atoms with Crippen LogP contribution in [0.2, 0.25) is 0 Å². The zero-order valence-electron chi connectivity index (χ0n) is 16.2. The first-order valence-electron chi connectivity index (χ1n) is 9.91. The van der Waals surface area contributed by atoms with Crippen LogP contribution in [-0.2, 0) is 6.61 Å². The van der Waals surface area contributed by atoms with Gasteiger partial charge in [-0.25, -0.2) is 0 Å². The van der Waals surface area contributed by atoms with Gasteiger partial charge in [0.05, 0.1) is 6.61 Å². The predicted molar refractivity (Wildman–Crippen MR) is 111 cm³/mol. The fraction of sp³-hybridized carbons (Fsp3) is 0.292. The molecule has 1 amide bonds. The Morgan fingerprint density at radius 1 is 0.929 bits per heavy atom. The van der Waals surface area contributed by atoms with Crippen LogP contribution in [-0.4, -0.2) is 30.5 Å². The first-order chi connectivity index (χ1) is 13.7. The molecule has 4 heteroatoms. The summed E-state index contributed by atoms with van der Waals surface area (Å²) in [5.41, 5.74) is 1.59. The molecule has 1 fully saturated rings. The first-order valence-corrected chi connectivity index (χ1v) is 9.91. The Balaban J connectivity index is 1.55. The minimum atomic E-state index is 0.0903. The minimum absolute atomic E-state index is 0.0903. The van der Waals surface area contributed by atoms with Gasteiger partial charge in [-0.2, -0.15) is 0 Å².